The minimum Gasteiger partial charge on any atom is -0.457 e. The SMILES string of the molecule is CC(C)C[C@@H]1NC(=O)CN(C)C(=O)[C@@H](Cc2ccccc2)NC(=O)[C@H]2CN(C(=O)c3cccc(Oc4ccccc4)c3)C[C@@H](CNC1=O)O2. The van der Waals surface area contributed by atoms with E-state index < -0.39 is 47.9 Å². The number of morpholine rings is 1. The quantitative estimate of drug-likeness (QED) is 0.351. The van der Waals surface area contributed by atoms with Gasteiger partial charge in [-0.05, 0) is 48.2 Å². The second-order valence-corrected chi connectivity index (χ2v) is 12.8. The molecule has 12 heteroatoms. The second kappa shape index (κ2) is 16.2. The lowest BCUT2D eigenvalue weighted by molar-refractivity contribution is -0.148. The average Bonchev–Trinajstić information content (AvgIpc) is 3.09. The van der Waals surface area contributed by atoms with Gasteiger partial charge in [-0.2, -0.15) is 0 Å². The lowest BCUT2D eigenvalue weighted by Gasteiger charge is -2.38. The lowest BCUT2D eigenvalue weighted by atomic mass is 10.0. The molecule has 258 valence electrons. The third kappa shape index (κ3) is 9.66. The van der Waals surface area contributed by atoms with Crippen molar-refractivity contribution in [2.24, 2.45) is 5.92 Å². The van der Waals surface area contributed by atoms with Gasteiger partial charge in [0, 0.05) is 32.1 Å². The number of amides is 5. The zero-order chi connectivity index (χ0) is 34.9. The largest absolute Gasteiger partial charge is 0.457 e. The summed E-state index contributed by atoms with van der Waals surface area (Å²) in [6.45, 7) is 3.56. The van der Waals surface area contributed by atoms with Gasteiger partial charge in [0.1, 0.15) is 23.6 Å². The van der Waals surface area contributed by atoms with E-state index in [4.69, 9.17) is 9.47 Å². The smallest absolute Gasteiger partial charge is 0.254 e. The number of para-hydroxylation sites is 1. The molecule has 5 amide bonds. The van der Waals surface area contributed by atoms with Crippen LogP contribution in [0.5, 0.6) is 11.5 Å². The predicted molar refractivity (Wildman–Crippen MR) is 182 cm³/mol. The number of hydrogen-bond acceptors (Lipinski definition) is 7. The lowest BCUT2D eigenvalue weighted by Crippen LogP contribution is -2.59. The summed E-state index contributed by atoms with van der Waals surface area (Å²) in [6.07, 6.45) is -1.37. The van der Waals surface area contributed by atoms with Crippen molar-refractivity contribution in [1.29, 1.82) is 0 Å². The van der Waals surface area contributed by atoms with E-state index in [1.54, 1.807) is 24.3 Å². The van der Waals surface area contributed by atoms with Gasteiger partial charge in [0.25, 0.3) is 11.8 Å². The highest BCUT2D eigenvalue weighted by atomic mass is 16.5. The maximum absolute atomic E-state index is 13.9. The van der Waals surface area contributed by atoms with E-state index in [0.717, 1.165) is 5.56 Å². The monoisotopic (exact) mass is 669 g/mol. The van der Waals surface area contributed by atoms with Crippen LogP contribution in [0.1, 0.15) is 36.2 Å². The number of rotatable bonds is 7. The molecular formula is C37H43N5O7. The van der Waals surface area contributed by atoms with E-state index in [1.807, 2.05) is 74.5 Å². The second-order valence-electron chi connectivity index (χ2n) is 12.8. The van der Waals surface area contributed by atoms with Crippen LogP contribution in [0.4, 0.5) is 0 Å². The number of fused-ring (bicyclic) bond motifs is 2. The molecule has 49 heavy (non-hydrogen) atoms. The van der Waals surface area contributed by atoms with Gasteiger partial charge in [0.15, 0.2) is 6.10 Å². The average molecular weight is 670 g/mol. The van der Waals surface area contributed by atoms with Crippen molar-refractivity contribution in [2.45, 2.75) is 51.0 Å². The van der Waals surface area contributed by atoms with Crippen molar-refractivity contribution in [3.8, 4) is 11.5 Å². The first-order valence-electron chi connectivity index (χ1n) is 16.5. The molecule has 0 unspecified atom stereocenters. The summed E-state index contributed by atoms with van der Waals surface area (Å²) in [7, 11) is 1.48. The van der Waals surface area contributed by atoms with Crippen LogP contribution >= 0.6 is 0 Å². The Morgan fingerprint density at radius 1 is 0.857 bits per heavy atom. The Morgan fingerprint density at radius 2 is 1.55 bits per heavy atom. The van der Waals surface area contributed by atoms with E-state index >= 15 is 0 Å². The molecule has 4 atom stereocenters. The van der Waals surface area contributed by atoms with Crippen molar-refractivity contribution in [3.63, 3.8) is 0 Å². The number of carbonyl (C=O) groups excluding carboxylic acids is 5. The molecule has 3 aromatic carbocycles. The summed E-state index contributed by atoms with van der Waals surface area (Å²) >= 11 is 0. The Kier molecular flexibility index (Phi) is 11.6. The van der Waals surface area contributed by atoms with E-state index in [2.05, 4.69) is 16.0 Å². The fourth-order valence-corrected chi connectivity index (χ4v) is 5.92. The molecule has 2 saturated heterocycles. The van der Waals surface area contributed by atoms with Crippen molar-refractivity contribution in [1.82, 2.24) is 25.8 Å². The van der Waals surface area contributed by atoms with Crippen LogP contribution in [-0.4, -0.2) is 96.9 Å². The first-order valence-corrected chi connectivity index (χ1v) is 16.5. The Bertz CT molecular complexity index is 1630. The highest BCUT2D eigenvalue weighted by Crippen LogP contribution is 2.24. The zero-order valence-electron chi connectivity index (χ0n) is 28.0. The number of ether oxygens (including phenoxy) is 2. The third-order valence-corrected chi connectivity index (χ3v) is 8.32. The van der Waals surface area contributed by atoms with Crippen molar-refractivity contribution < 1.29 is 33.4 Å². The molecule has 2 aliphatic heterocycles. The minimum atomic E-state index is -1.14. The maximum atomic E-state index is 13.9. The molecule has 0 aliphatic carbocycles. The van der Waals surface area contributed by atoms with Crippen LogP contribution in [0, 0.1) is 5.92 Å². The fraction of sp³-hybridized carbons (Fsp3) is 0.378. The fourth-order valence-electron chi connectivity index (χ4n) is 5.92. The number of nitrogens with one attached hydrogen (secondary N) is 3. The van der Waals surface area contributed by atoms with Gasteiger partial charge >= 0.3 is 0 Å². The summed E-state index contributed by atoms with van der Waals surface area (Å²) in [5.74, 6) is -1.17. The van der Waals surface area contributed by atoms with Gasteiger partial charge in [-0.3, -0.25) is 24.0 Å². The van der Waals surface area contributed by atoms with Crippen LogP contribution < -0.4 is 20.7 Å². The molecule has 0 radical (unpaired) electrons. The highest BCUT2D eigenvalue weighted by molar-refractivity contribution is 5.96. The number of hydrogen-bond donors (Lipinski definition) is 3. The first kappa shape index (κ1) is 35.1. The molecule has 0 saturated carbocycles. The van der Waals surface area contributed by atoms with E-state index in [1.165, 1.54) is 16.8 Å². The van der Waals surface area contributed by atoms with Crippen LogP contribution in [0.15, 0.2) is 84.9 Å². The molecule has 2 heterocycles. The van der Waals surface area contributed by atoms with E-state index in [-0.39, 0.29) is 44.4 Å². The topological polar surface area (TPSA) is 146 Å². The molecule has 0 spiro atoms. The molecular weight excluding hydrogens is 626 g/mol. The van der Waals surface area contributed by atoms with Crippen molar-refractivity contribution >= 4 is 29.5 Å². The molecule has 12 nitrogen and oxygen atoms in total. The molecule has 3 N–H and O–H groups in total. The summed E-state index contributed by atoms with van der Waals surface area (Å²) in [5, 5.41) is 8.45. The van der Waals surface area contributed by atoms with Crippen LogP contribution in [-0.2, 0) is 30.3 Å². The van der Waals surface area contributed by atoms with Gasteiger partial charge in [-0.25, -0.2) is 0 Å². The van der Waals surface area contributed by atoms with Crippen LogP contribution in [0.2, 0.25) is 0 Å². The number of nitrogens with zero attached hydrogens (tertiary/aromatic N) is 2. The Morgan fingerprint density at radius 3 is 2.27 bits per heavy atom. The highest BCUT2D eigenvalue weighted by Gasteiger charge is 2.38. The molecule has 0 aromatic heterocycles. The Labute approximate surface area is 286 Å². The van der Waals surface area contributed by atoms with Gasteiger partial charge in [-0.15, -0.1) is 0 Å². The van der Waals surface area contributed by atoms with E-state index in [0.29, 0.717) is 23.5 Å². The van der Waals surface area contributed by atoms with E-state index in [9.17, 15) is 24.0 Å². The summed E-state index contributed by atoms with van der Waals surface area (Å²) in [4.78, 5) is 70.7. The first-order chi connectivity index (χ1) is 23.5. The Hall–Kier alpha value is -5.23. The van der Waals surface area contributed by atoms with Crippen LogP contribution in [0.3, 0.4) is 0 Å². The van der Waals surface area contributed by atoms with Crippen molar-refractivity contribution in [3.05, 3.63) is 96.1 Å². The maximum Gasteiger partial charge on any atom is 0.254 e. The number of likely N-dealkylation sites (N-methyl/N-ethyl adjacent to an activating group) is 1. The Balaban J connectivity index is 1.42. The molecule has 2 bridgehead atoms. The van der Waals surface area contributed by atoms with Gasteiger partial charge in [-0.1, -0.05) is 68.4 Å². The third-order valence-electron chi connectivity index (χ3n) is 8.32. The summed E-state index contributed by atoms with van der Waals surface area (Å²) < 4.78 is 12.1. The number of benzene rings is 3. The van der Waals surface area contributed by atoms with Crippen molar-refractivity contribution in [2.75, 3.05) is 33.2 Å². The summed E-state index contributed by atoms with van der Waals surface area (Å²) in [6, 6.07) is 23.3. The molecule has 2 aliphatic rings. The molecule has 5 rings (SSSR count). The normalized spacial score (nSPS) is 22.4. The van der Waals surface area contributed by atoms with Gasteiger partial charge < -0.3 is 35.2 Å². The summed E-state index contributed by atoms with van der Waals surface area (Å²) in [5.41, 5.74) is 1.15. The zero-order valence-corrected chi connectivity index (χ0v) is 28.0. The molecule has 2 fully saturated rings. The standard InChI is InChI=1S/C37H43N5O7/c1-24(2)17-30-34(44)38-20-29-21-42(36(46)26-13-10-16-28(19-26)48-27-14-8-5-9-15-27)22-32(49-29)35(45)40-31(18-25-11-6-4-7-12-25)37(47)41(3)23-33(43)39-30/h4-16,19,24,29-32H,17-18,20-23H2,1-3H3,(H,38,44)(H,39,43)(H,40,45)/t29-,30+,31-,32-/m1/s1. The predicted octanol–water partition coefficient (Wildman–Crippen LogP) is 2.54. The van der Waals surface area contributed by atoms with Gasteiger partial charge in [0.2, 0.25) is 17.7 Å². The number of carbonyl (C=O) groups is 5. The van der Waals surface area contributed by atoms with Crippen LogP contribution in [0.25, 0.3) is 0 Å². The van der Waals surface area contributed by atoms with Gasteiger partial charge in [0.05, 0.1) is 19.2 Å². The molecule has 3 aromatic rings. The minimum absolute atomic E-state index is 0.0136.